The number of benzene rings is 2. The lowest BCUT2D eigenvalue weighted by molar-refractivity contribution is -0.138. The minimum Gasteiger partial charge on any atom is -0.492 e. The van der Waals surface area contributed by atoms with E-state index in [4.69, 9.17) is 9.84 Å². The summed E-state index contributed by atoms with van der Waals surface area (Å²) in [6, 6.07) is 9.20. The summed E-state index contributed by atoms with van der Waals surface area (Å²) < 4.78 is 63.7. The molecule has 0 radical (unpaired) electrons. The zero-order valence-corrected chi connectivity index (χ0v) is 23.7. The number of fused-ring (bicyclic) bond motifs is 2. The number of rotatable bonds is 7. The first-order valence-electron chi connectivity index (χ1n) is 13.9. The Kier molecular flexibility index (Phi) is 7.15. The van der Waals surface area contributed by atoms with Crippen molar-refractivity contribution in [3.05, 3.63) is 82.7 Å². The first-order chi connectivity index (χ1) is 20.7. The number of anilines is 1. The standard InChI is InChI=1S/C31H28F4N6O2/c1-4-18-7-6-8-19(5-2)26(18)41-27(22-13-24(32)29(43-3)28-21(22)9-11-40(28)17-42)23-16-39(12-10-25(23)38-41)30-36-14-20(15-37-30)31(33,34)35/h6-9,11,13-15,17H,4-5,10,12,16H2,1-3H3. The largest absolute Gasteiger partial charge is 0.492 e. The molecule has 0 spiro atoms. The van der Waals surface area contributed by atoms with Crippen LogP contribution in [0.4, 0.5) is 23.5 Å². The number of alkyl halides is 3. The Morgan fingerprint density at radius 3 is 2.37 bits per heavy atom. The van der Waals surface area contributed by atoms with Crippen LogP contribution in [0.5, 0.6) is 5.75 Å². The Hall–Kier alpha value is -4.74. The molecule has 222 valence electrons. The molecule has 0 saturated heterocycles. The average Bonchev–Trinajstić information content (AvgIpc) is 3.61. The van der Waals surface area contributed by atoms with Gasteiger partial charge in [0.05, 0.1) is 29.7 Å². The van der Waals surface area contributed by atoms with Crippen LogP contribution >= 0.6 is 0 Å². The van der Waals surface area contributed by atoms with Crippen molar-refractivity contribution in [3.8, 4) is 22.7 Å². The molecule has 0 unspecified atom stereocenters. The number of hydrogen-bond donors (Lipinski definition) is 0. The fraction of sp³-hybridized carbons (Fsp3) is 0.290. The first-order valence-corrected chi connectivity index (χ1v) is 13.9. The van der Waals surface area contributed by atoms with E-state index < -0.39 is 17.6 Å². The Morgan fingerprint density at radius 1 is 1.07 bits per heavy atom. The van der Waals surface area contributed by atoms with Gasteiger partial charge in [0.25, 0.3) is 0 Å². The summed E-state index contributed by atoms with van der Waals surface area (Å²) in [5.41, 5.74) is 5.04. The fourth-order valence-electron chi connectivity index (χ4n) is 5.87. The van der Waals surface area contributed by atoms with E-state index in [2.05, 4.69) is 23.8 Å². The Morgan fingerprint density at radius 2 is 1.77 bits per heavy atom. The van der Waals surface area contributed by atoms with E-state index in [0.717, 1.165) is 53.3 Å². The summed E-state index contributed by atoms with van der Waals surface area (Å²) in [7, 11) is 1.35. The number of halogens is 4. The molecule has 0 atom stereocenters. The number of carbonyl (C=O) groups excluding carboxylic acids is 1. The van der Waals surface area contributed by atoms with Crippen LogP contribution in [0.3, 0.4) is 0 Å². The molecule has 1 aliphatic heterocycles. The highest BCUT2D eigenvalue weighted by molar-refractivity contribution is 6.01. The van der Waals surface area contributed by atoms with E-state index >= 15 is 4.39 Å². The van der Waals surface area contributed by atoms with Crippen molar-refractivity contribution < 1.29 is 27.1 Å². The van der Waals surface area contributed by atoms with E-state index in [9.17, 15) is 18.0 Å². The SMILES string of the molecule is CCc1cccc(CC)c1-n1nc2c(c1-c1cc(F)c(OC)c3c1ccn3C=O)CN(c1ncc(C(F)(F)F)cn1)CC2. The van der Waals surface area contributed by atoms with Crippen molar-refractivity contribution in [2.24, 2.45) is 0 Å². The van der Waals surface area contributed by atoms with Crippen LogP contribution in [-0.4, -0.2) is 44.4 Å². The number of hydrogen-bond acceptors (Lipinski definition) is 6. The Bertz CT molecular complexity index is 1820. The third kappa shape index (κ3) is 4.70. The zero-order valence-electron chi connectivity index (χ0n) is 23.7. The maximum absolute atomic E-state index is 15.7. The second kappa shape index (κ2) is 10.8. The zero-order chi connectivity index (χ0) is 30.5. The van der Waals surface area contributed by atoms with Gasteiger partial charge in [-0.1, -0.05) is 32.0 Å². The molecule has 0 saturated carbocycles. The second-order valence-corrected chi connectivity index (χ2v) is 10.3. The summed E-state index contributed by atoms with van der Waals surface area (Å²) in [4.78, 5) is 21.7. The fourth-order valence-corrected chi connectivity index (χ4v) is 5.87. The van der Waals surface area contributed by atoms with Gasteiger partial charge in [-0.25, -0.2) is 19.0 Å². The van der Waals surface area contributed by atoms with Gasteiger partial charge in [0.15, 0.2) is 11.6 Å². The van der Waals surface area contributed by atoms with Gasteiger partial charge in [-0.3, -0.25) is 9.36 Å². The summed E-state index contributed by atoms with van der Waals surface area (Å²) in [5.74, 6) is -0.552. The van der Waals surface area contributed by atoms with Crippen LogP contribution < -0.4 is 9.64 Å². The topological polar surface area (TPSA) is 78.1 Å². The molecule has 8 nitrogen and oxygen atoms in total. The highest BCUT2D eigenvalue weighted by Crippen LogP contribution is 2.42. The van der Waals surface area contributed by atoms with E-state index in [1.54, 1.807) is 17.2 Å². The van der Waals surface area contributed by atoms with Crippen LogP contribution in [0.2, 0.25) is 0 Å². The lowest BCUT2D eigenvalue weighted by Crippen LogP contribution is -2.31. The third-order valence-electron chi connectivity index (χ3n) is 7.94. The van der Waals surface area contributed by atoms with Gasteiger partial charge < -0.3 is 9.64 Å². The quantitative estimate of drug-likeness (QED) is 0.166. The summed E-state index contributed by atoms with van der Waals surface area (Å²) in [5, 5.41) is 5.65. The molecule has 6 rings (SSSR count). The maximum atomic E-state index is 15.7. The molecule has 2 aromatic carbocycles. The number of aryl methyl sites for hydroxylation is 2. The Balaban J connectivity index is 1.61. The first kappa shape index (κ1) is 28.4. The predicted molar refractivity (Wildman–Crippen MR) is 154 cm³/mol. The van der Waals surface area contributed by atoms with E-state index in [0.29, 0.717) is 36.0 Å². The lowest BCUT2D eigenvalue weighted by Gasteiger charge is -2.27. The van der Waals surface area contributed by atoms with Gasteiger partial charge in [0.1, 0.15) is 5.52 Å². The second-order valence-electron chi connectivity index (χ2n) is 10.3. The molecule has 4 heterocycles. The van der Waals surface area contributed by atoms with Crippen molar-refractivity contribution in [1.82, 2.24) is 24.3 Å². The Labute approximate surface area is 244 Å². The average molecular weight is 593 g/mol. The summed E-state index contributed by atoms with van der Waals surface area (Å²) in [6.45, 7) is 4.77. The molecule has 0 aliphatic carbocycles. The van der Waals surface area contributed by atoms with Gasteiger partial charge in [-0.05, 0) is 36.1 Å². The van der Waals surface area contributed by atoms with Gasteiger partial charge >= 0.3 is 6.18 Å². The van der Waals surface area contributed by atoms with E-state index in [-0.39, 0.29) is 23.8 Å². The van der Waals surface area contributed by atoms with Crippen molar-refractivity contribution in [2.45, 2.75) is 45.8 Å². The van der Waals surface area contributed by atoms with Crippen LogP contribution in [0.1, 0.15) is 41.8 Å². The van der Waals surface area contributed by atoms with Gasteiger partial charge in [0, 0.05) is 54.6 Å². The van der Waals surface area contributed by atoms with Crippen LogP contribution in [0, 0.1) is 5.82 Å². The number of para-hydroxylation sites is 1. The van der Waals surface area contributed by atoms with Gasteiger partial charge in [0.2, 0.25) is 12.4 Å². The van der Waals surface area contributed by atoms with Crippen LogP contribution in [-0.2, 0) is 36.8 Å². The minimum absolute atomic E-state index is 0.0567. The number of nitrogens with zero attached hydrogens (tertiary/aromatic N) is 6. The number of aromatic nitrogens is 5. The predicted octanol–water partition coefficient (Wildman–Crippen LogP) is 6.18. The molecule has 43 heavy (non-hydrogen) atoms. The van der Waals surface area contributed by atoms with Crippen LogP contribution in [0.15, 0.2) is 48.9 Å². The van der Waals surface area contributed by atoms with Gasteiger partial charge in [-0.15, -0.1) is 0 Å². The molecule has 1 aliphatic rings. The highest BCUT2D eigenvalue weighted by Gasteiger charge is 2.33. The van der Waals surface area contributed by atoms with Crippen molar-refractivity contribution in [1.29, 1.82) is 0 Å². The molecule has 12 heteroatoms. The van der Waals surface area contributed by atoms with E-state index in [1.807, 2.05) is 22.9 Å². The number of carbonyl (C=O) groups is 1. The normalized spacial score (nSPS) is 13.4. The van der Waals surface area contributed by atoms with Crippen LogP contribution in [0.25, 0.3) is 27.8 Å². The van der Waals surface area contributed by atoms with Crippen molar-refractivity contribution in [2.75, 3.05) is 18.6 Å². The number of methoxy groups -OCH3 is 1. The summed E-state index contributed by atoms with van der Waals surface area (Å²) >= 11 is 0. The maximum Gasteiger partial charge on any atom is 0.419 e. The number of ether oxygens (including phenoxy) is 1. The molecule has 0 N–H and O–H groups in total. The third-order valence-corrected chi connectivity index (χ3v) is 7.94. The molecular formula is C31H28F4N6O2. The molecule has 0 fully saturated rings. The van der Waals surface area contributed by atoms with Crippen molar-refractivity contribution in [3.63, 3.8) is 0 Å². The molecule has 3 aromatic heterocycles. The monoisotopic (exact) mass is 592 g/mol. The molecule has 5 aromatic rings. The summed E-state index contributed by atoms with van der Waals surface area (Å²) in [6.07, 6.45) is 1.07. The molecule has 0 amide bonds. The smallest absolute Gasteiger partial charge is 0.419 e. The molecular weight excluding hydrogens is 564 g/mol. The lowest BCUT2D eigenvalue weighted by atomic mass is 9.97. The van der Waals surface area contributed by atoms with Gasteiger partial charge in [-0.2, -0.15) is 18.3 Å². The van der Waals surface area contributed by atoms with E-state index in [1.165, 1.54) is 17.7 Å². The molecule has 0 bridgehead atoms. The highest BCUT2D eigenvalue weighted by atomic mass is 19.4. The minimum atomic E-state index is -4.55. The van der Waals surface area contributed by atoms with Crippen molar-refractivity contribution >= 4 is 23.3 Å².